The summed E-state index contributed by atoms with van der Waals surface area (Å²) in [5.41, 5.74) is 4.99. The van der Waals surface area contributed by atoms with Crippen LogP contribution in [0, 0.1) is 0 Å². The molecule has 10 nitrogen and oxygen atoms in total. The van der Waals surface area contributed by atoms with Gasteiger partial charge in [-0.15, -0.1) is 0 Å². The van der Waals surface area contributed by atoms with Gasteiger partial charge < -0.3 is 24.1 Å². The number of hydrogen-bond acceptors (Lipinski definition) is 9. The Labute approximate surface area is 249 Å². The van der Waals surface area contributed by atoms with Crippen molar-refractivity contribution in [1.82, 2.24) is 10.9 Å². The zero-order chi connectivity index (χ0) is 29.9. The molecule has 0 saturated carbocycles. The molecule has 0 radical (unpaired) electrons. The van der Waals surface area contributed by atoms with Crippen LogP contribution in [0.5, 0.6) is 5.75 Å². The van der Waals surface area contributed by atoms with Gasteiger partial charge in [-0.05, 0) is 75.6 Å². The summed E-state index contributed by atoms with van der Waals surface area (Å²) in [6.45, 7) is 6.87. The van der Waals surface area contributed by atoms with Gasteiger partial charge in [-0.2, -0.15) is 0 Å². The average Bonchev–Trinajstić information content (AvgIpc) is 3.33. The van der Waals surface area contributed by atoms with Crippen molar-refractivity contribution in [3.05, 3.63) is 64.1 Å². The lowest BCUT2D eigenvalue weighted by atomic mass is 9.83. The van der Waals surface area contributed by atoms with Crippen LogP contribution in [0.1, 0.15) is 63.7 Å². The third-order valence-corrected chi connectivity index (χ3v) is 6.71. The van der Waals surface area contributed by atoms with E-state index in [4.69, 9.17) is 29.0 Å². The molecular weight excluding hydrogens is 594 g/mol. The number of hydrogen-bond donors (Lipinski definition) is 3. The van der Waals surface area contributed by atoms with Gasteiger partial charge in [0.05, 0.1) is 6.61 Å². The highest BCUT2D eigenvalue weighted by atomic mass is 79.9. The first-order valence-corrected chi connectivity index (χ1v) is 14.5. The Morgan fingerprint density at radius 3 is 2.41 bits per heavy atom. The van der Waals surface area contributed by atoms with Crippen molar-refractivity contribution in [3.63, 3.8) is 0 Å². The Bertz CT molecular complexity index is 1170. The number of amides is 1. The average molecular weight is 635 g/mol. The standard InChI is InChI=1S/C30H40BrN3O7/c1-29(2,3)41-25(36)15-16-30(28(37)34-32-17-5-19-38-4)26(21-7-11-23(31)12-8-21)40-27(33-30)22-9-13-24(14-10-22)39-20-6-18-35/h7-14,26,32,35H,5-6,15-20H2,1-4H3,(H,34,37)/t26-,30-/m0/s1. The lowest BCUT2D eigenvalue weighted by Crippen LogP contribution is -2.53. The van der Waals surface area contributed by atoms with Crippen molar-refractivity contribution in [2.45, 2.75) is 63.7 Å². The second-order valence-corrected chi connectivity index (χ2v) is 11.6. The minimum atomic E-state index is -1.47. The minimum absolute atomic E-state index is 0.0425. The normalized spacial score (nSPS) is 18.4. The molecule has 1 aliphatic rings. The molecule has 0 aliphatic carbocycles. The van der Waals surface area contributed by atoms with Gasteiger partial charge in [0.1, 0.15) is 11.4 Å². The molecule has 3 N–H and O–H groups in total. The molecule has 1 amide bonds. The molecule has 224 valence electrons. The first kappa shape index (κ1) is 32.5. The van der Waals surface area contributed by atoms with E-state index in [0.717, 1.165) is 10.0 Å². The van der Waals surface area contributed by atoms with Crippen molar-refractivity contribution < 1.29 is 33.6 Å². The van der Waals surface area contributed by atoms with Gasteiger partial charge in [0.2, 0.25) is 5.90 Å². The first-order chi connectivity index (χ1) is 19.6. The van der Waals surface area contributed by atoms with Gasteiger partial charge >= 0.3 is 5.97 Å². The van der Waals surface area contributed by atoms with Gasteiger partial charge in [-0.3, -0.25) is 15.0 Å². The molecule has 11 heteroatoms. The zero-order valence-corrected chi connectivity index (χ0v) is 25.7. The van der Waals surface area contributed by atoms with Gasteiger partial charge in [-0.25, -0.2) is 10.4 Å². The van der Waals surface area contributed by atoms with E-state index >= 15 is 0 Å². The van der Waals surface area contributed by atoms with E-state index in [1.54, 1.807) is 52.1 Å². The van der Waals surface area contributed by atoms with Crippen molar-refractivity contribution in [2.24, 2.45) is 4.99 Å². The molecular formula is C30H40BrN3O7. The van der Waals surface area contributed by atoms with Gasteiger partial charge in [-0.1, -0.05) is 28.1 Å². The lowest BCUT2D eigenvalue weighted by molar-refractivity contribution is -0.155. The van der Waals surface area contributed by atoms with Crippen LogP contribution >= 0.6 is 15.9 Å². The summed E-state index contributed by atoms with van der Waals surface area (Å²) in [4.78, 5) is 31.6. The lowest BCUT2D eigenvalue weighted by Gasteiger charge is -2.31. The number of methoxy groups -OCH3 is 1. The van der Waals surface area contributed by atoms with Crippen LogP contribution < -0.4 is 15.6 Å². The van der Waals surface area contributed by atoms with Crippen LogP contribution in [0.2, 0.25) is 0 Å². The Hall–Kier alpha value is -2.99. The maximum atomic E-state index is 13.9. The Morgan fingerprint density at radius 1 is 1.07 bits per heavy atom. The van der Waals surface area contributed by atoms with Gasteiger partial charge in [0.25, 0.3) is 5.91 Å². The number of nitrogens with zero attached hydrogens (tertiary/aromatic N) is 1. The van der Waals surface area contributed by atoms with Crippen LogP contribution in [0.4, 0.5) is 0 Å². The summed E-state index contributed by atoms with van der Waals surface area (Å²) in [7, 11) is 1.62. The van der Waals surface area contributed by atoms with Crippen LogP contribution in [0.15, 0.2) is 58.0 Å². The van der Waals surface area contributed by atoms with E-state index in [1.807, 2.05) is 24.3 Å². The fraction of sp³-hybridized carbons (Fsp3) is 0.500. The minimum Gasteiger partial charge on any atom is -0.494 e. The van der Waals surface area contributed by atoms with E-state index in [9.17, 15) is 9.59 Å². The maximum absolute atomic E-state index is 13.9. The Balaban J connectivity index is 1.97. The van der Waals surface area contributed by atoms with Crippen LogP contribution in [-0.4, -0.2) is 67.5 Å². The molecule has 2 aromatic rings. The SMILES string of the molecule is COCCCNNC(=O)[C@@]1(CCC(=O)OC(C)(C)C)N=C(c2ccc(OCCCO)cc2)O[C@H]1c1ccc(Br)cc1. The summed E-state index contributed by atoms with van der Waals surface area (Å²) in [5.74, 6) is 0.0589. The number of carbonyl (C=O) groups is 2. The molecule has 41 heavy (non-hydrogen) atoms. The summed E-state index contributed by atoms with van der Waals surface area (Å²) >= 11 is 3.47. The fourth-order valence-electron chi connectivity index (χ4n) is 4.25. The smallest absolute Gasteiger partial charge is 0.306 e. The largest absolute Gasteiger partial charge is 0.494 e. The molecule has 2 aromatic carbocycles. The third-order valence-electron chi connectivity index (χ3n) is 6.19. The summed E-state index contributed by atoms with van der Waals surface area (Å²) < 4.78 is 23.6. The molecule has 0 bridgehead atoms. The number of rotatable bonds is 15. The number of aliphatic imine (C=N–C) groups is 1. The monoisotopic (exact) mass is 633 g/mol. The molecule has 0 aromatic heterocycles. The summed E-state index contributed by atoms with van der Waals surface area (Å²) in [6.07, 6.45) is 0.421. The number of esters is 1. The highest BCUT2D eigenvalue weighted by Crippen LogP contribution is 2.43. The molecule has 2 atom stereocenters. The predicted molar refractivity (Wildman–Crippen MR) is 159 cm³/mol. The van der Waals surface area contributed by atoms with Crippen LogP contribution in [0.25, 0.3) is 0 Å². The molecule has 0 spiro atoms. The molecule has 1 aliphatic heterocycles. The molecule has 1 heterocycles. The maximum Gasteiger partial charge on any atom is 0.306 e. The van der Waals surface area contributed by atoms with E-state index in [1.165, 1.54) is 0 Å². The Kier molecular flexibility index (Phi) is 12.1. The number of nitrogens with one attached hydrogen (secondary N) is 2. The molecule has 0 saturated heterocycles. The number of hydrazine groups is 1. The van der Waals surface area contributed by atoms with Gasteiger partial charge in [0.15, 0.2) is 11.6 Å². The summed E-state index contributed by atoms with van der Waals surface area (Å²) in [6, 6.07) is 14.6. The predicted octanol–water partition coefficient (Wildman–Crippen LogP) is 4.25. The van der Waals surface area contributed by atoms with Crippen molar-refractivity contribution in [1.29, 1.82) is 0 Å². The molecule has 3 rings (SSSR count). The Morgan fingerprint density at radius 2 is 1.78 bits per heavy atom. The highest BCUT2D eigenvalue weighted by Gasteiger charge is 2.53. The number of halogens is 1. The second kappa shape index (κ2) is 15.3. The number of ether oxygens (including phenoxy) is 4. The van der Waals surface area contributed by atoms with Crippen molar-refractivity contribution in [3.8, 4) is 5.75 Å². The first-order valence-electron chi connectivity index (χ1n) is 13.7. The number of aliphatic hydroxyl groups excluding tert-OH is 1. The number of aliphatic hydroxyl groups is 1. The van der Waals surface area contributed by atoms with E-state index < -0.39 is 29.1 Å². The highest BCUT2D eigenvalue weighted by molar-refractivity contribution is 9.10. The molecule has 0 fully saturated rings. The van der Waals surface area contributed by atoms with Crippen molar-refractivity contribution >= 4 is 33.7 Å². The van der Waals surface area contributed by atoms with Gasteiger partial charge in [0, 0.05) is 49.7 Å². The van der Waals surface area contributed by atoms with Crippen molar-refractivity contribution in [2.75, 3.05) is 33.5 Å². The number of carbonyl (C=O) groups excluding carboxylic acids is 2. The van der Waals surface area contributed by atoms with Crippen LogP contribution in [-0.2, 0) is 23.8 Å². The topological polar surface area (TPSA) is 128 Å². The zero-order valence-electron chi connectivity index (χ0n) is 24.1. The van der Waals surface area contributed by atoms with E-state index in [-0.39, 0.29) is 25.3 Å². The summed E-state index contributed by atoms with van der Waals surface area (Å²) in [5, 5.41) is 9.00. The molecule has 0 unspecified atom stereocenters. The number of benzene rings is 2. The van der Waals surface area contributed by atoms with E-state index in [2.05, 4.69) is 26.8 Å². The van der Waals surface area contributed by atoms with Crippen LogP contribution in [0.3, 0.4) is 0 Å². The second-order valence-electron chi connectivity index (χ2n) is 10.7. The fourth-order valence-corrected chi connectivity index (χ4v) is 4.51. The quantitative estimate of drug-likeness (QED) is 0.151. The van der Waals surface area contributed by atoms with E-state index in [0.29, 0.717) is 43.9 Å². The third kappa shape index (κ3) is 9.53.